The Morgan fingerprint density at radius 3 is 2.53 bits per heavy atom. The summed E-state index contributed by atoms with van der Waals surface area (Å²) in [6, 6.07) is 5.13. The molecular weight excluding hydrogens is 449 g/mol. The van der Waals surface area contributed by atoms with Gasteiger partial charge in [-0.3, -0.25) is 11.8 Å². The fourth-order valence-corrected chi connectivity index (χ4v) is 1.29. The van der Waals surface area contributed by atoms with Crippen LogP contribution in [-0.4, -0.2) is 19.1 Å². The molecule has 2 rings (SSSR count). The molecule has 0 atom stereocenters. The van der Waals surface area contributed by atoms with E-state index < -0.39 is 0 Å². The molecule has 83 valence electrons. The van der Waals surface area contributed by atoms with Crippen LogP contribution in [0.15, 0.2) is 18.2 Å². The number of ketones is 1. The summed E-state index contributed by atoms with van der Waals surface area (Å²) < 4.78 is 10.3. The number of fused-ring (bicyclic) bond motifs is 1. The number of ether oxygens (including phenoxy) is 2. The van der Waals surface area contributed by atoms with E-state index in [0.29, 0.717) is 17.1 Å². The summed E-state index contributed by atoms with van der Waals surface area (Å²) in [7, 11) is 3.40. The predicted molar refractivity (Wildman–Crippen MR) is 50.3 cm³/mol. The maximum atomic E-state index is 11.4. The van der Waals surface area contributed by atoms with Crippen molar-refractivity contribution in [3.8, 4) is 11.5 Å². The van der Waals surface area contributed by atoms with Crippen molar-refractivity contribution in [3.05, 3.63) is 30.8 Å². The SMILES string of the molecule is [CH2-]NCC(=O)c1ccc2c(c1)OCO2.[Y].[Y].[Y]. The minimum atomic E-state index is -0.0155. The fraction of sp³-hybridized carbons (Fsp3) is 0.200. The summed E-state index contributed by atoms with van der Waals surface area (Å²) in [5, 5.41) is 2.56. The number of Topliss-reactive ketones (excluding diaryl/α,β-unsaturated/α-hetero) is 1. The summed E-state index contributed by atoms with van der Waals surface area (Å²) in [5.41, 5.74) is 0.602. The quantitative estimate of drug-likeness (QED) is 0.542. The summed E-state index contributed by atoms with van der Waals surface area (Å²) in [4.78, 5) is 11.4. The Labute approximate surface area is 176 Å². The fourth-order valence-electron chi connectivity index (χ4n) is 1.29. The van der Waals surface area contributed by atoms with Gasteiger partial charge >= 0.3 is 0 Å². The number of hydrogen-bond donors (Lipinski definition) is 1. The molecule has 0 unspecified atom stereocenters. The first-order valence-corrected chi connectivity index (χ1v) is 4.24. The zero-order chi connectivity index (χ0) is 9.97. The van der Waals surface area contributed by atoms with Gasteiger partial charge in [0.1, 0.15) is 0 Å². The number of benzene rings is 1. The maximum absolute atomic E-state index is 11.4. The molecule has 1 heterocycles. The van der Waals surface area contributed by atoms with Crippen LogP contribution >= 0.6 is 0 Å². The van der Waals surface area contributed by atoms with E-state index in [1.165, 1.54) is 0 Å². The second kappa shape index (κ2) is 10.5. The van der Waals surface area contributed by atoms with Crippen molar-refractivity contribution in [2.75, 3.05) is 13.3 Å². The normalized spacial score (nSPS) is 10.6. The van der Waals surface area contributed by atoms with Gasteiger partial charge in [0.05, 0.1) is 0 Å². The first kappa shape index (κ1) is 21.1. The zero-order valence-corrected chi connectivity index (χ0v) is 17.8. The molecule has 1 aromatic carbocycles. The van der Waals surface area contributed by atoms with Crippen LogP contribution in [0.3, 0.4) is 0 Å². The maximum Gasteiger partial charge on any atom is 0.231 e. The van der Waals surface area contributed by atoms with Crippen LogP contribution in [0, 0.1) is 7.05 Å². The second-order valence-corrected chi connectivity index (χ2v) is 2.92. The summed E-state index contributed by atoms with van der Waals surface area (Å²) in [6.07, 6.45) is 0. The van der Waals surface area contributed by atoms with Crippen molar-refractivity contribution >= 4 is 5.78 Å². The van der Waals surface area contributed by atoms with E-state index in [4.69, 9.17) is 9.47 Å². The van der Waals surface area contributed by atoms with Crippen molar-refractivity contribution in [1.29, 1.82) is 0 Å². The van der Waals surface area contributed by atoms with Gasteiger partial charge in [0.25, 0.3) is 0 Å². The molecular formula is C10H10NO3Y3-. The van der Waals surface area contributed by atoms with Crippen molar-refractivity contribution < 1.29 is 112 Å². The predicted octanol–water partition coefficient (Wildman–Crippen LogP) is 0.972. The molecule has 0 fully saturated rings. The van der Waals surface area contributed by atoms with Crippen LogP contribution in [0.2, 0.25) is 0 Å². The number of hydrogen-bond acceptors (Lipinski definition) is 4. The molecule has 0 spiro atoms. The van der Waals surface area contributed by atoms with E-state index in [-0.39, 0.29) is 117 Å². The first-order valence-electron chi connectivity index (χ1n) is 4.24. The van der Waals surface area contributed by atoms with E-state index >= 15 is 0 Å². The molecule has 3 radical (unpaired) electrons. The third-order valence-corrected chi connectivity index (χ3v) is 1.98. The Bertz CT molecular complexity index is 374. The summed E-state index contributed by atoms with van der Waals surface area (Å²) in [6.45, 7) is 0.445. The molecule has 0 bridgehead atoms. The van der Waals surface area contributed by atoms with Crippen molar-refractivity contribution in [2.24, 2.45) is 0 Å². The Hall–Kier alpha value is 1.76. The Morgan fingerprint density at radius 2 is 1.88 bits per heavy atom. The molecule has 1 aromatic rings. The number of carbonyl (C=O) groups is 1. The van der Waals surface area contributed by atoms with Gasteiger partial charge in [-0.1, -0.05) is 0 Å². The van der Waals surface area contributed by atoms with Gasteiger partial charge in [-0.25, -0.2) is 0 Å². The van der Waals surface area contributed by atoms with Crippen LogP contribution in [-0.2, 0) is 98.1 Å². The topological polar surface area (TPSA) is 47.6 Å². The molecule has 4 nitrogen and oxygen atoms in total. The van der Waals surface area contributed by atoms with Gasteiger partial charge in [-0.2, -0.15) is 0 Å². The minimum absolute atomic E-state index is 0. The molecule has 7 heteroatoms. The number of rotatable bonds is 3. The van der Waals surface area contributed by atoms with Gasteiger partial charge in [0.15, 0.2) is 17.3 Å². The van der Waals surface area contributed by atoms with Crippen LogP contribution in [0.1, 0.15) is 10.4 Å². The van der Waals surface area contributed by atoms with Gasteiger partial charge in [-0.05, 0) is 18.2 Å². The number of carbonyl (C=O) groups excluding carboxylic acids is 1. The first-order chi connectivity index (χ1) is 6.81. The standard InChI is InChI=1S/C10H10NO3.3Y/c1-11-5-8(12)7-2-3-9-10(4-7)14-6-13-9;;;/h2-4,11H,1,5-6H2;;;/q-1;;;. The van der Waals surface area contributed by atoms with Crippen LogP contribution < -0.4 is 14.8 Å². The molecule has 0 saturated carbocycles. The van der Waals surface area contributed by atoms with E-state index in [1.54, 1.807) is 18.2 Å². The third-order valence-electron chi connectivity index (χ3n) is 1.98. The zero-order valence-electron chi connectivity index (χ0n) is 9.31. The molecule has 0 saturated heterocycles. The van der Waals surface area contributed by atoms with Crippen LogP contribution in [0.5, 0.6) is 11.5 Å². The van der Waals surface area contributed by atoms with Crippen molar-refractivity contribution in [2.45, 2.75) is 0 Å². The van der Waals surface area contributed by atoms with Gasteiger partial charge in [0, 0.05) is 110 Å². The van der Waals surface area contributed by atoms with E-state index in [2.05, 4.69) is 12.4 Å². The van der Waals surface area contributed by atoms with E-state index in [0.717, 1.165) is 0 Å². The molecule has 0 aromatic heterocycles. The summed E-state index contributed by atoms with van der Waals surface area (Å²) in [5.74, 6) is 1.29. The molecule has 1 aliphatic heterocycles. The molecule has 0 amide bonds. The van der Waals surface area contributed by atoms with Gasteiger partial charge in [-0.15, -0.1) is 0 Å². The van der Waals surface area contributed by atoms with Gasteiger partial charge < -0.3 is 14.8 Å². The average Bonchev–Trinajstić information content (AvgIpc) is 2.64. The molecule has 1 aliphatic rings. The van der Waals surface area contributed by atoms with Crippen LogP contribution in [0.4, 0.5) is 0 Å². The van der Waals surface area contributed by atoms with Crippen LogP contribution in [0.25, 0.3) is 0 Å². The molecule has 0 aliphatic carbocycles. The van der Waals surface area contributed by atoms with E-state index in [9.17, 15) is 4.79 Å². The summed E-state index contributed by atoms with van der Waals surface area (Å²) >= 11 is 0. The average molecular weight is 459 g/mol. The minimum Gasteiger partial charge on any atom is -0.466 e. The van der Waals surface area contributed by atoms with Gasteiger partial charge in [0.2, 0.25) is 6.79 Å². The largest absolute Gasteiger partial charge is 0.466 e. The van der Waals surface area contributed by atoms with E-state index in [1.807, 2.05) is 0 Å². The van der Waals surface area contributed by atoms with Crippen molar-refractivity contribution in [1.82, 2.24) is 5.32 Å². The third kappa shape index (κ3) is 5.73. The molecule has 1 N–H and O–H groups in total. The van der Waals surface area contributed by atoms with Crippen molar-refractivity contribution in [3.63, 3.8) is 0 Å². The monoisotopic (exact) mass is 459 g/mol. The Kier molecular flexibility index (Phi) is 13.1. The molecule has 17 heavy (non-hydrogen) atoms. The Morgan fingerprint density at radius 1 is 1.24 bits per heavy atom. The second-order valence-electron chi connectivity index (χ2n) is 2.92. The number of nitrogens with one attached hydrogen (secondary N) is 1. The Balaban J connectivity index is 0. The smallest absolute Gasteiger partial charge is 0.231 e.